The van der Waals surface area contributed by atoms with E-state index in [-0.39, 0.29) is 27.6 Å². The van der Waals surface area contributed by atoms with Crippen LogP contribution in [0.4, 0.5) is 0 Å². The molecule has 5 nitrogen and oxygen atoms in total. The fourth-order valence-electron chi connectivity index (χ4n) is 16.1. The first-order valence-corrected chi connectivity index (χ1v) is 31.7. The van der Waals surface area contributed by atoms with Crippen molar-refractivity contribution in [1.82, 2.24) is 22.8 Å². The second-order valence-electron chi connectivity index (χ2n) is 29.8. The predicted molar refractivity (Wildman–Crippen MR) is 374 cm³/mol. The molecule has 88 heavy (non-hydrogen) atoms. The molecule has 16 aromatic rings. The molecule has 0 aliphatic carbocycles. The number of para-hydroxylation sites is 6. The number of hydrogen-bond acceptors (Lipinski definition) is 0. The van der Waals surface area contributed by atoms with E-state index in [1.165, 1.54) is 126 Å². The van der Waals surface area contributed by atoms with Gasteiger partial charge in [0.15, 0.2) is 0 Å². The number of benzene rings is 11. The predicted octanol–water partition coefficient (Wildman–Crippen LogP) is 22.2. The van der Waals surface area contributed by atoms with E-state index in [9.17, 15) is 0 Å². The Morgan fingerprint density at radius 1 is 0.227 bits per heavy atom. The van der Waals surface area contributed by atoms with E-state index >= 15 is 0 Å². The summed E-state index contributed by atoms with van der Waals surface area (Å²) in [5.41, 5.74) is 26.7. The smallest absolute Gasteiger partial charge is 0.0990 e. The van der Waals surface area contributed by atoms with Crippen molar-refractivity contribution in [3.63, 3.8) is 0 Å². The van der Waals surface area contributed by atoms with Crippen molar-refractivity contribution < 1.29 is 0 Å². The first-order valence-electron chi connectivity index (χ1n) is 31.7. The lowest BCUT2D eigenvalue weighted by Crippen LogP contribution is -2.28. The van der Waals surface area contributed by atoms with Crippen LogP contribution >= 0.6 is 0 Å². The van der Waals surface area contributed by atoms with Gasteiger partial charge in [0.05, 0.1) is 83.6 Å². The SMILES string of the molecule is CC(C)(C)c1ccc2c(c1)c1cc(C(C)(C)C)cc3c1n2-c1c2c(c(-n4c5ccccc5c5ccccc54)c(-n4c5ccccc5c5ccccc54)c1-n1c4ccccc4c4ccccc41)-n1c4ccc(C(C)(C)C)cc4c4cc(C(C)(C)C)cc(c41)C23. The summed E-state index contributed by atoms with van der Waals surface area (Å²) in [7, 11) is 0. The Balaban J connectivity index is 1.23. The maximum absolute atomic E-state index is 2.78. The van der Waals surface area contributed by atoms with E-state index in [2.05, 4.69) is 312 Å². The van der Waals surface area contributed by atoms with Crippen molar-refractivity contribution in [3.05, 3.63) is 245 Å². The highest BCUT2D eigenvalue weighted by atomic mass is 15.2. The van der Waals surface area contributed by atoms with Crippen molar-refractivity contribution in [2.24, 2.45) is 0 Å². The summed E-state index contributed by atoms with van der Waals surface area (Å²) in [6.07, 6.45) is 0. The Hall–Kier alpha value is -9.58. The van der Waals surface area contributed by atoms with E-state index in [1.54, 1.807) is 0 Å². The average molecular weight is 1140 g/mol. The Labute approximate surface area is 513 Å². The molecule has 2 aliphatic rings. The Morgan fingerprint density at radius 2 is 0.477 bits per heavy atom. The molecule has 0 saturated carbocycles. The first kappa shape index (κ1) is 51.6. The van der Waals surface area contributed by atoms with Gasteiger partial charge in [-0.3, -0.25) is 0 Å². The molecule has 18 rings (SSSR count). The molecule has 0 spiro atoms. The quantitative estimate of drug-likeness (QED) is 0.168. The standard InChI is InChI=1S/C83H71N5/c1-80(2,3)47-37-39-69-57(41-47)59-43-49(82(7,8)9)45-61-71-62-46-50(83(10,11)12)44-60-58-42-48(81(4,5)6)38-40-70(58)88(74(60)62)76-72(71)75(87(69)73(59)61)77(84-63-31-19-13-25-51(63)52-26-14-20-32-64(52)84)79(86-67-35-23-17-29-55(67)56-30-18-24-36-68(56)86)78(76)85-65-33-21-15-27-53(65)54-28-16-22-34-66(54)85/h13-46,71H,1-12H3. The molecule has 0 fully saturated rings. The van der Waals surface area contributed by atoms with Gasteiger partial charge in [0.25, 0.3) is 0 Å². The highest BCUT2D eigenvalue weighted by Crippen LogP contribution is 2.61. The van der Waals surface area contributed by atoms with Gasteiger partial charge in [0.1, 0.15) is 0 Å². The van der Waals surface area contributed by atoms with Crippen LogP contribution in [0.3, 0.4) is 0 Å². The molecular weight excluding hydrogens is 1070 g/mol. The molecule has 0 saturated heterocycles. The van der Waals surface area contributed by atoms with Crippen LogP contribution in [0, 0.1) is 0 Å². The summed E-state index contributed by atoms with van der Waals surface area (Å²) in [4.78, 5) is 0. The molecule has 0 unspecified atom stereocenters. The second kappa shape index (κ2) is 17.1. The second-order valence-corrected chi connectivity index (χ2v) is 29.8. The van der Waals surface area contributed by atoms with Crippen molar-refractivity contribution in [2.45, 2.75) is 111 Å². The molecule has 428 valence electrons. The molecule has 5 heteroatoms. The summed E-state index contributed by atoms with van der Waals surface area (Å²) < 4.78 is 13.6. The third-order valence-corrected chi connectivity index (χ3v) is 20.4. The van der Waals surface area contributed by atoms with Gasteiger partial charge in [0, 0.05) is 65.3 Å². The molecular formula is C83H71N5. The maximum atomic E-state index is 2.78. The summed E-state index contributed by atoms with van der Waals surface area (Å²) >= 11 is 0. The van der Waals surface area contributed by atoms with Crippen molar-refractivity contribution in [2.75, 3.05) is 0 Å². The Morgan fingerprint density at radius 3 is 0.761 bits per heavy atom. The van der Waals surface area contributed by atoms with Gasteiger partial charge < -0.3 is 22.8 Å². The van der Waals surface area contributed by atoms with Crippen LogP contribution in [-0.2, 0) is 21.7 Å². The zero-order valence-corrected chi connectivity index (χ0v) is 52.4. The summed E-state index contributed by atoms with van der Waals surface area (Å²) in [5, 5.41) is 12.5. The zero-order valence-electron chi connectivity index (χ0n) is 52.4. The molecule has 0 amide bonds. The lowest BCUT2D eigenvalue weighted by Gasteiger charge is -2.40. The minimum Gasteiger partial charge on any atom is -0.306 e. The monoisotopic (exact) mass is 1140 g/mol. The summed E-state index contributed by atoms with van der Waals surface area (Å²) in [6.45, 7) is 28.6. The van der Waals surface area contributed by atoms with E-state index < -0.39 is 0 Å². The minimum atomic E-state index is -0.205. The third kappa shape index (κ3) is 6.72. The lowest BCUT2D eigenvalue weighted by molar-refractivity contribution is 0.588. The summed E-state index contributed by atoms with van der Waals surface area (Å²) in [6, 6.07) is 80.4. The van der Waals surface area contributed by atoms with Crippen LogP contribution in [0.15, 0.2) is 206 Å². The van der Waals surface area contributed by atoms with E-state index in [0.717, 1.165) is 50.2 Å². The normalized spacial score (nSPS) is 13.9. The third-order valence-electron chi connectivity index (χ3n) is 20.4. The molecule has 0 radical (unpaired) electrons. The molecule has 0 N–H and O–H groups in total. The topological polar surface area (TPSA) is 24.6 Å². The Kier molecular flexibility index (Phi) is 10.1. The molecule has 11 aromatic carbocycles. The molecule has 0 bridgehead atoms. The van der Waals surface area contributed by atoms with E-state index in [0.29, 0.717) is 0 Å². The Bertz CT molecular complexity index is 5330. The fraction of sp³-hybridized carbons (Fsp3) is 0.205. The van der Waals surface area contributed by atoms with Crippen LogP contribution in [0.5, 0.6) is 0 Å². The van der Waals surface area contributed by atoms with Crippen LogP contribution in [0.2, 0.25) is 0 Å². The van der Waals surface area contributed by atoms with Crippen LogP contribution in [0.25, 0.3) is 137 Å². The van der Waals surface area contributed by atoms with E-state index in [4.69, 9.17) is 0 Å². The van der Waals surface area contributed by atoms with Gasteiger partial charge in [-0.1, -0.05) is 217 Å². The molecule has 7 heterocycles. The molecule has 0 atom stereocenters. The van der Waals surface area contributed by atoms with Gasteiger partial charge in [0.2, 0.25) is 0 Å². The average Bonchev–Trinajstić information content (AvgIpc) is 1.36. The number of nitrogens with zero attached hydrogens (tertiary/aromatic N) is 5. The molecule has 5 aromatic heterocycles. The zero-order chi connectivity index (χ0) is 60.0. The van der Waals surface area contributed by atoms with Crippen molar-refractivity contribution >= 4 is 109 Å². The van der Waals surface area contributed by atoms with Gasteiger partial charge in [-0.25, -0.2) is 0 Å². The van der Waals surface area contributed by atoms with Crippen molar-refractivity contribution in [1.29, 1.82) is 0 Å². The number of aromatic nitrogens is 5. The van der Waals surface area contributed by atoms with Gasteiger partial charge >= 0.3 is 0 Å². The largest absolute Gasteiger partial charge is 0.306 e. The summed E-state index contributed by atoms with van der Waals surface area (Å²) in [5.74, 6) is -0.205. The van der Waals surface area contributed by atoms with Crippen LogP contribution < -0.4 is 0 Å². The van der Waals surface area contributed by atoms with Gasteiger partial charge in [-0.2, -0.15) is 0 Å². The number of hydrogen-bond donors (Lipinski definition) is 0. The minimum absolute atomic E-state index is 0.0880. The van der Waals surface area contributed by atoms with E-state index in [1.807, 2.05) is 0 Å². The first-order chi connectivity index (χ1) is 42.3. The van der Waals surface area contributed by atoms with Crippen molar-refractivity contribution in [3.8, 4) is 28.4 Å². The number of rotatable bonds is 3. The van der Waals surface area contributed by atoms with Crippen LogP contribution in [-0.4, -0.2) is 22.8 Å². The fourth-order valence-corrected chi connectivity index (χ4v) is 16.1. The highest BCUT2D eigenvalue weighted by molar-refractivity contribution is 6.20. The van der Waals surface area contributed by atoms with Crippen LogP contribution in [0.1, 0.15) is 128 Å². The molecule has 2 aliphatic heterocycles. The highest BCUT2D eigenvalue weighted by Gasteiger charge is 2.46. The maximum Gasteiger partial charge on any atom is 0.0990 e. The number of fused-ring (bicyclic) bond motifs is 19. The van der Waals surface area contributed by atoms with Gasteiger partial charge in [-0.05, 0) is 128 Å². The lowest BCUT2D eigenvalue weighted by atomic mass is 9.73. The van der Waals surface area contributed by atoms with Gasteiger partial charge in [-0.15, -0.1) is 0 Å².